The van der Waals surface area contributed by atoms with Crippen molar-refractivity contribution in [1.29, 1.82) is 0 Å². The summed E-state index contributed by atoms with van der Waals surface area (Å²) in [6.45, 7) is 6.83. The largest absolute Gasteiger partial charge is 0.311 e. The van der Waals surface area contributed by atoms with Crippen LogP contribution in [0.1, 0.15) is 41.7 Å². The lowest BCUT2D eigenvalue weighted by Gasteiger charge is -2.28. The number of benzene rings is 8. The molecule has 0 radical (unpaired) electrons. The third-order valence-corrected chi connectivity index (χ3v) is 11.1. The molecule has 0 unspecified atom stereocenters. The van der Waals surface area contributed by atoms with Crippen LogP contribution in [-0.4, -0.2) is 0 Å². The molecule has 0 N–H and O–H groups in total. The van der Waals surface area contributed by atoms with Crippen LogP contribution in [0.3, 0.4) is 0 Å². The highest BCUT2D eigenvalue weighted by Crippen LogP contribution is 2.50. The van der Waals surface area contributed by atoms with E-state index in [9.17, 15) is 0 Å². The van der Waals surface area contributed by atoms with Crippen LogP contribution in [0.25, 0.3) is 34.4 Å². The number of fused-ring (bicyclic) bond motifs is 3. The van der Waals surface area contributed by atoms with E-state index in [0.29, 0.717) is 0 Å². The van der Waals surface area contributed by atoms with Gasteiger partial charge in [0.15, 0.2) is 0 Å². The van der Waals surface area contributed by atoms with Gasteiger partial charge in [0.2, 0.25) is 0 Å². The Morgan fingerprint density at radius 3 is 1.32 bits per heavy atom. The number of hydrogen-bond acceptors (Lipinski definition) is 2. The van der Waals surface area contributed by atoms with Gasteiger partial charge in [-0.25, -0.2) is 0 Å². The summed E-state index contributed by atoms with van der Waals surface area (Å²) in [6, 6.07) is 72.2. The molecule has 0 amide bonds. The zero-order chi connectivity index (χ0) is 38.1. The number of anilines is 6. The van der Waals surface area contributed by atoms with Crippen molar-refractivity contribution in [3.05, 3.63) is 228 Å². The lowest BCUT2D eigenvalue weighted by Crippen LogP contribution is -2.16. The van der Waals surface area contributed by atoms with Gasteiger partial charge < -0.3 is 9.80 Å². The number of hydrogen-bond donors (Lipinski definition) is 0. The molecule has 9 rings (SSSR count). The summed E-state index contributed by atoms with van der Waals surface area (Å²) in [5.41, 5.74) is 18.2. The van der Waals surface area contributed by atoms with Gasteiger partial charge in [-0.1, -0.05) is 159 Å². The molecule has 8 aromatic rings. The van der Waals surface area contributed by atoms with E-state index in [1.165, 1.54) is 38.9 Å². The standard InChI is InChI=1S/C54H44N2/c1-39-18-30-46(31-19-39)56(49-36-37-51-50-16-10-11-17-52(50)54(2,3)53(51)38-49)47-32-24-41(25-33-47)21-20-40-22-26-42(27-23-40)43-28-34-48(35-29-43)55(44-12-6-4-7-13-44)45-14-8-5-9-15-45/h4-38H,1-3H3/b21-20+. The zero-order valence-electron chi connectivity index (χ0n) is 32.1. The molecular weight excluding hydrogens is 677 g/mol. The highest BCUT2D eigenvalue weighted by atomic mass is 15.1. The Hall–Kier alpha value is -6.90. The fourth-order valence-electron chi connectivity index (χ4n) is 8.09. The summed E-state index contributed by atoms with van der Waals surface area (Å²) in [5.74, 6) is 0. The lowest BCUT2D eigenvalue weighted by atomic mass is 9.82. The molecule has 0 spiro atoms. The maximum Gasteiger partial charge on any atom is 0.0465 e. The molecule has 0 saturated carbocycles. The first-order chi connectivity index (χ1) is 27.4. The molecule has 2 nitrogen and oxygen atoms in total. The number of aryl methyl sites for hydroxylation is 1. The second-order valence-electron chi connectivity index (χ2n) is 15.2. The molecule has 0 heterocycles. The van der Waals surface area contributed by atoms with Crippen LogP contribution in [0, 0.1) is 6.92 Å². The second kappa shape index (κ2) is 14.7. The quantitative estimate of drug-likeness (QED) is 0.137. The Morgan fingerprint density at radius 2 is 0.750 bits per heavy atom. The molecule has 1 aliphatic rings. The van der Waals surface area contributed by atoms with Crippen LogP contribution in [-0.2, 0) is 5.41 Å². The average molecular weight is 721 g/mol. The predicted molar refractivity (Wildman–Crippen MR) is 239 cm³/mol. The Kier molecular flexibility index (Phi) is 9.17. The minimum Gasteiger partial charge on any atom is -0.311 e. The molecule has 0 fully saturated rings. The van der Waals surface area contributed by atoms with E-state index >= 15 is 0 Å². The van der Waals surface area contributed by atoms with E-state index in [4.69, 9.17) is 0 Å². The summed E-state index contributed by atoms with van der Waals surface area (Å²) in [7, 11) is 0. The Bertz CT molecular complexity index is 2580. The highest BCUT2D eigenvalue weighted by molar-refractivity contribution is 5.86. The molecule has 0 aliphatic heterocycles. The van der Waals surface area contributed by atoms with Gasteiger partial charge in [-0.05, 0) is 124 Å². The molecule has 2 heteroatoms. The van der Waals surface area contributed by atoms with Crippen molar-refractivity contribution in [1.82, 2.24) is 0 Å². The molecule has 0 saturated heterocycles. The van der Waals surface area contributed by atoms with Gasteiger partial charge in [0.05, 0.1) is 0 Å². The van der Waals surface area contributed by atoms with Crippen LogP contribution < -0.4 is 9.80 Å². The highest BCUT2D eigenvalue weighted by Gasteiger charge is 2.35. The van der Waals surface area contributed by atoms with Crippen LogP contribution in [0.15, 0.2) is 200 Å². The minimum atomic E-state index is -0.0641. The van der Waals surface area contributed by atoms with Crippen LogP contribution in [0.2, 0.25) is 0 Å². The van der Waals surface area contributed by atoms with Crippen molar-refractivity contribution >= 4 is 46.3 Å². The van der Waals surface area contributed by atoms with Gasteiger partial charge in [0, 0.05) is 39.5 Å². The molecular formula is C54H44N2. The van der Waals surface area contributed by atoms with Gasteiger partial charge in [-0.15, -0.1) is 0 Å². The summed E-state index contributed by atoms with van der Waals surface area (Å²) < 4.78 is 0. The molecule has 8 aromatic carbocycles. The summed E-state index contributed by atoms with van der Waals surface area (Å²) >= 11 is 0. The smallest absolute Gasteiger partial charge is 0.0465 e. The van der Waals surface area contributed by atoms with Crippen LogP contribution in [0.4, 0.5) is 34.1 Å². The zero-order valence-corrected chi connectivity index (χ0v) is 32.1. The van der Waals surface area contributed by atoms with Crippen molar-refractivity contribution in [3.8, 4) is 22.3 Å². The molecule has 56 heavy (non-hydrogen) atoms. The molecule has 0 atom stereocenters. The fourth-order valence-corrected chi connectivity index (χ4v) is 8.09. The maximum absolute atomic E-state index is 2.39. The monoisotopic (exact) mass is 720 g/mol. The predicted octanol–water partition coefficient (Wildman–Crippen LogP) is 15.1. The van der Waals surface area contributed by atoms with Crippen molar-refractivity contribution in [2.24, 2.45) is 0 Å². The maximum atomic E-state index is 2.39. The molecule has 270 valence electrons. The molecule has 0 aromatic heterocycles. The third-order valence-electron chi connectivity index (χ3n) is 11.1. The van der Waals surface area contributed by atoms with Crippen molar-refractivity contribution < 1.29 is 0 Å². The van der Waals surface area contributed by atoms with E-state index in [0.717, 1.165) is 45.3 Å². The first kappa shape index (κ1) is 34.8. The van der Waals surface area contributed by atoms with E-state index in [1.54, 1.807) is 0 Å². The molecule has 0 bridgehead atoms. The first-order valence-electron chi connectivity index (χ1n) is 19.4. The van der Waals surface area contributed by atoms with Crippen LogP contribution >= 0.6 is 0 Å². The summed E-state index contributed by atoms with van der Waals surface area (Å²) in [6.07, 6.45) is 4.39. The fraction of sp³-hybridized carbons (Fsp3) is 0.0741. The van der Waals surface area contributed by atoms with Gasteiger partial charge in [-0.3, -0.25) is 0 Å². The topological polar surface area (TPSA) is 6.48 Å². The normalized spacial score (nSPS) is 12.6. The Balaban J connectivity index is 0.939. The van der Waals surface area contributed by atoms with Crippen LogP contribution in [0.5, 0.6) is 0 Å². The Labute approximate surface area is 331 Å². The van der Waals surface area contributed by atoms with E-state index < -0.39 is 0 Å². The average Bonchev–Trinajstić information content (AvgIpc) is 3.48. The summed E-state index contributed by atoms with van der Waals surface area (Å²) in [4.78, 5) is 4.66. The van der Waals surface area contributed by atoms with E-state index in [2.05, 4.69) is 243 Å². The first-order valence-corrected chi connectivity index (χ1v) is 19.4. The molecule has 1 aliphatic carbocycles. The number of para-hydroxylation sites is 2. The second-order valence-corrected chi connectivity index (χ2v) is 15.2. The van der Waals surface area contributed by atoms with E-state index in [-0.39, 0.29) is 5.41 Å². The van der Waals surface area contributed by atoms with Gasteiger partial charge in [-0.2, -0.15) is 0 Å². The van der Waals surface area contributed by atoms with E-state index in [1.807, 2.05) is 0 Å². The number of nitrogens with zero attached hydrogens (tertiary/aromatic N) is 2. The van der Waals surface area contributed by atoms with Crippen molar-refractivity contribution in [2.75, 3.05) is 9.80 Å². The lowest BCUT2D eigenvalue weighted by molar-refractivity contribution is 0.660. The number of rotatable bonds is 9. The van der Waals surface area contributed by atoms with Crippen molar-refractivity contribution in [3.63, 3.8) is 0 Å². The van der Waals surface area contributed by atoms with Gasteiger partial charge in [0.25, 0.3) is 0 Å². The van der Waals surface area contributed by atoms with Gasteiger partial charge in [0.1, 0.15) is 0 Å². The third kappa shape index (κ3) is 6.71. The minimum absolute atomic E-state index is 0.0641. The summed E-state index contributed by atoms with van der Waals surface area (Å²) in [5, 5.41) is 0. The van der Waals surface area contributed by atoms with Gasteiger partial charge >= 0.3 is 0 Å². The Morgan fingerprint density at radius 1 is 0.357 bits per heavy atom. The SMILES string of the molecule is Cc1ccc(N(c2ccc(/C=C/c3ccc(-c4ccc(N(c5ccccc5)c5ccccc5)cc4)cc3)cc2)c2ccc3c(c2)C(C)(C)c2ccccc2-3)cc1. The van der Waals surface area contributed by atoms with Crippen molar-refractivity contribution in [2.45, 2.75) is 26.2 Å².